The summed E-state index contributed by atoms with van der Waals surface area (Å²) in [5, 5.41) is 15.7. The van der Waals surface area contributed by atoms with Crippen LogP contribution in [0.2, 0.25) is 5.02 Å². The Morgan fingerprint density at radius 2 is 1.67 bits per heavy atom. The molecular formula is C37H56ClFN6. The molecule has 0 unspecified atom stereocenters. The predicted octanol–water partition coefficient (Wildman–Crippen LogP) is 10.5. The zero-order valence-electron chi connectivity index (χ0n) is 28.6. The number of halogens is 2. The van der Waals surface area contributed by atoms with Gasteiger partial charge in [0, 0.05) is 28.5 Å². The Morgan fingerprint density at radius 3 is 2.27 bits per heavy atom. The van der Waals surface area contributed by atoms with E-state index in [1.165, 1.54) is 69.3 Å². The Kier molecular flexibility index (Phi) is 17.7. The summed E-state index contributed by atoms with van der Waals surface area (Å²) in [6.07, 6.45) is 12.4. The second-order valence-electron chi connectivity index (χ2n) is 11.8. The van der Waals surface area contributed by atoms with Crippen molar-refractivity contribution in [3.8, 4) is 0 Å². The van der Waals surface area contributed by atoms with E-state index in [-0.39, 0.29) is 0 Å². The minimum absolute atomic E-state index is 0.293. The molecule has 6 nitrogen and oxygen atoms in total. The van der Waals surface area contributed by atoms with Crippen molar-refractivity contribution in [3.05, 3.63) is 76.2 Å². The topological polar surface area (TPSA) is 76.9 Å². The summed E-state index contributed by atoms with van der Waals surface area (Å²) in [6, 6.07) is 12.5. The standard InChI is InChI=1S/C26H29ClFN5.C9H21N.C2H6/c1-3-17-6-8-18(9-7-17)24(29)23-15-30-26(32-22-13-19(27)12-20(28)14-22)33-25(23)31-21-10-4-16(2)5-11-21;1-4-6-7-9-10(3)8-5-2;1-2/h6-9,12-16,21,29H,3-5,10-11H2,1-2H3,(H2,30,31,32,33);4-9H2,1-3H3;1-2H3. The van der Waals surface area contributed by atoms with Gasteiger partial charge in [0.15, 0.2) is 0 Å². The molecule has 2 aromatic carbocycles. The highest BCUT2D eigenvalue weighted by Crippen LogP contribution is 2.28. The minimum Gasteiger partial charge on any atom is -0.367 e. The molecule has 8 heteroatoms. The molecule has 3 N–H and O–H groups in total. The largest absolute Gasteiger partial charge is 0.367 e. The Balaban J connectivity index is 0.000000503. The summed E-state index contributed by atoms with van der Waals surface area (Å²) in [7, 11) is 2.21. The van der Waals surface area contributed by atoms with Crippen molar-refractivity contribution < 1.29 is 4.39 Å². The van der Waals surface area contributed by atoms with Gasteiger partial charge in [-0.05, 0) is 94.8 Å². The number of anilines is 3. The smallest absolute Gasteiger partial charge is 0.229 e. The molecule has 1 aliphatic rings. The van der Waals surface area contributed by atoms with Crippen molar-refractivity contribution in [2.45, 2.75) is 105 Å². The highest BCUT2D eigenvalue weighted by atomic mass is 35.5. The van der Waals surface area contributed by atoms with Crippen LogP contribution in [-0.2, 0) is 6.42 Å². The van der Waals surface area contributed by atoms with Crippen LogP contribution >= 0.6 is 11.6 Å². The van der Waals surface area contributed by atoms with Gasteiger partial charge >= 0.3 is 0 Å². The van der Waals surface area contributed by atoms with Crippen LogP contribution in [0.3, 0.4) is 0 Å². The molecule has 0 spiro atoms. The number of rotatable bonds is 13. The van der Waals surface area contributed by atoms with Gasteiger partial charge < -0.3 is 15.5 Å². The molecule has 0 radical (unpaired) electrons. The van der Waals surface area contributed by atoms with Crippen molar-refractivity contribution in [3.63, 3.8) is 0 Å². The lowest BCUT2D eigenvalue weighted by Gasteiger charge is -2.28. The van der Waals surface area contributed by atoms with E-state index in [0.29, 0.717) is 39.8 Å². The third-order valence-electron chi connectivity index (χ3n) is 7.93. The van der Waals surface area contributed by atoms with Crippen molar-refractivity contribution >= 4 is 34.8 Å². The van der Waals surface area contributed by atoms with Crippen LogP contribution in [-0.4, -0.2) is 46.8 Å². The maximum absolute atomic E-state index is 13.8. The number of benzene rings is 2. The van der Waals surface area contributed by atoms with Gasteiger partial charge in [0.2, 0.25) is 5.95 Å². The first-order valence-corrected chi connectivity index (χ1v) is 17.3. The number of hydrogen-bond donors (Lipinski definition) is 3. The zero-order valence-corrected chi connectivity index (χ0v) is 29.4. The number of unbranched alkanes of at least 4 members (excludes halogenated alkanes) is 2. The Hall–Kier alpha value is -3.03. The number of aryl methyl sites for hydroxylation is 1. The normalized spacial score (nSPS) is 15.8. The number of nitrogens with one attached hydrogen (secondary N) is 3. The minimum atomic E-state index is -0.436. The van der Waals surface area contributed by atoms with Crippen LogP contribution < -0.4 is 10.6 Å². The van der Waals surface area contributed by atoms with Crippen LogP contribution in [0.15, 0.2) is 48.7 Å². The molecule has 0 saturated heterocycles. The van der Waals surface area contributed by atoms with E-state index in [9.17, 15) is 4.39 Å². The van der Waals surface area contributed by atoms with E-state index in [4.69, 9.17) is 17.0 Å². The first-order chi connectivity index (χ1) is 21.7. The van der Waals surface area contributed by atoms with Gasteiger partial charge in [0.1, 0.15) is 11.6 Å². The van der Waals surface area contributed by atoms with Crippen molar-refractivity contribution in [2.24, 2.45) is 5.92 Å². The summed E-state index contributed by atoms with van der Waals surface area (Å²) in [6.45, 7) is 15.4. The van der Waals surface area contributed by atoms with Crippen molar-refractivity contribution in [1.29, 1.82) is 5.41 Å². The first kappa shape index (κ1) is 38.2. The van der Waals surface area contributed by atoms with E-state index >= 15 is 0 Å². The van der Waals surface area contributed by atoms with Crippen molar-refractivity contribution in [1.82, 2.24) is 14.9 Å². The lowest BCUT2D eigenvalue weighted by atomic mass is 9.87. The average Bonchev–Trinajstić information content (AvgIpc) is 3.03. The summed E-state index contributed by atoms with van der Waals surface area (Å²) >= 11 is 5.98. The van der Waals surface area contributed by atoms with E-state index in [1.54, 1.807) is 12.3 Å². The third kappa shape index (κ3) is 13.5. The van der Waals surface area contributed by atoms with Crippen LogP contribution in [0.1, 0.15) is 110 Å². The highest BCUT2D eigenvalue weighted by molar-refractivity contribution is 6.30. The molecule has 1 heterocycles. The van der Waals surface area contributed by atoms with Crippen molar-refractivity contribution in [2.75, 3.05) is 30.8 Å². The Labute approximate surface area is 277 Å². The van der Waals surface area contributed by atoms with Crippen LogP contribution in [0.4, 0.5) is 21.8 Å². The van der Waals surface area contributed by atoms with Gasteiger partial charge in [-0.2, -0.15) is 4.98 Å². The lowest BCUT2D eigenvalue weighted by Crippen LogP contribution is -2.27. The summed E-state index contributed by atoms with van der Waals surface area (Å²) in [4.78, 5) is 11.5. The van der Waals surface area contributed by atoms with E-state index < -0.39 is 5.82 Å². The predicted molar refractivity (Wildman–Crippen MR) is 192 cm³/mol. The van der Waals surface area contributed by atoms with Gasteiger partial charge in [-0.25, -0.2) is 9.37 Å². The second kappa shape index (κ2) is 20.9. The van der Waals surface area contributed by atoms with Crippen LogP contribution in [0, 0.1) is 17.1 Å². The Bertz CT molecular complexity index is 1250. The lowest BCUT2D eigenvalue weighted by molar-refractivity contribution is 0.326. The molecule has 0 amide bonds. The first-order valence-electron chi connectivity index (χ1n) is 17.0. The SMILES string of the molecule is CC.CCCCCN(C)CCC.CCc1ccc(C(=N)c2cnc(Nc3cc(F)cc(Cl)c3)nc2NC2CCC(C)CC2)cc1. The van der Waals surface area contributed by atoms with Gasteiger partial charge in [-0.3, -0.25) is 5.41 Å². The molecule has 4 rings (SSSR count). The summed E-state index contributed by atoms with van der Waals surface area (Å²) in [5.41, 5.74) is 3.51. The molecule has 1 saturated carbocycles. The molecule has 0 aliphatic heterocycles. The molecule has 45 heavy (non-hydrogen) atoms. The molecular weight excluding hydrogens is 583 g/mol. The maximum Gasteiger partial charge on any atom is 0.229 e. The Morgan fingerprint density at radius 1 is 0.978 bits per heavy atom. The molecule has 3 aromatic rings. The summed E-state index contributed by atoms with van der Waals surface area (Å²) in [5.74, 6) is 1.23. The van der Waals surface area contributed by atoms with Crippen LogP contribution in [0.25, 0.3) is 0 Å². The molecule has 0 bridgehead atoms. The molecule has 0 atom stereocenters. The fourth-order valence-electron chi connectivity index (χ4n) is 5.28. The zero-order chi connectivity index (χ0) is 33.2. The second-order valence-corrected chi connectivity index (χ2v) is 12.2. The fraction of sp³-hybridized carbons (Fsp3) is 0.541. The van der Waals surface area contributed by atoms with Gasteiger partial charge in [0.05, 0.1) is 11.3 Å². The fourth-order valence-corrected chi connectivity index (χ4v) is 5.50. The van der Waals surface area contributed by atoms with Gasteiger partial charge in [-0.1, -0.05) is 90.3 Å². The molecule has 1 aromatic heterocycles. The molecule has 1 aliphatic carbocycles. The van der Waals surface area contributed by atoms with E-state index in [0.717, 1.165) is 30.7 Å². The number of nitrogens with zero attached hydrogens (tertiary/aromatic N) is 3. The van der Waals surface area contributed by atoms with Gasteiger partial charge in [-0.15, -0.1) is 0 Å². The quantitative estimate of drug-likeness (QED) is 0.128. The highest BCUT2D eigenvalue weighted by Gasteiger charge is 2.21. The monoisotopic (exact) mass is 638 g/mol. The van der Waals surface area contributed by atoms with Gasteiger partial charge in [0.25, 0.3) is 0 Å². The van der Waals surface area contributed by atoms with Crippen LogP contribution in [0.5, 0.6) is 0 Å². The molecule has 248 valence electrons. The van der Waals surface area contributed by atoms with E-state index in [1.807, 2.05) is 38.1 Å². The summed E-state index contributed by atoms with van der Waals surface area (Å²) < 4.78 is 13.8. The maximum atomic E-state index is 13.8. The molecule has 1 fully saturated rings. The average molecular weight is 639 g/mol. The third-order valence-corrected chi connectivity index (χ3v) is 8.15. The number of aromatic nitrogens is 2. The number of hydrogen-bond acceptors (Lipinski definition) is 6. The van der Waals surface area contributed by atoms with E-state index in [2.05, 4.69) is 60.2 Å².